The highest BCUT2D eigenvalue weighted by molar-refractivity contribution is 5.60. The van der Waals surface area contributed by atoms with Crippen LogP contribution in [0.5, 0.6) is 34.5 Å². The molecule has 34 heavy (non-hydrogen) atoms. The van der Waals surface area contributed by atoms with Gasteiger partial charge in [0.05, 0.1) is 21.3 Å². The van der Waals surface area contributed by atoms with Gasteiger partial charge in [0.1, 0.15) is 5.75 Å². The summed E-state index contributed by atoms with van der Waals surface area (Å²) in [7, 11) is 4.86. The van der Waals surface area contributed by atoms with Crippen LogP contribution in [0.15, 0.2) is 54.6 Å². The van der Waals surface area contributed by atoms with Crippen LogP contribution in [0.3, 0.4) is 0 Å². The molecule has 0 amide bonds. The highest BCUT2D eigenvalue weighted by Gasteiger charge is 2.40. The number of fused-ring (bicyclic) bond motifs is 2. The van der Waals surface area contributed by atoms with E-state index in [1.54, 1.807) is 21.3 Å². The van der Waals surface area contributed by atoms with E-state index in [-0.39, 0.29) is 12.7 Å². The van der Waals surface area contributed by atoms with Gasteiger partial charge >= 0.3 is 0 Å². The molecule has 0 saturated carbocycles. The van der Waals surface area contributed by atoms with Gasteiger partial charge in [0.25, 0.3) is 0 Å². The van der Waals surface area contributed by atoms with Crippen molar-refractivity contribution in [2.24, 2.45) is 0 Å². The minimum atomic E-state index is -0.623. The number of nitrogens with one attached hydrogen (secondary N) is 1. The smallest absolute Gasteiger partial charge is 0.231 e. The van der Waals surface area contributed by atoms with Crippen molar-refractivity contribution in [3.8, 4) is 34.5 Å². The number of methoxy groups -OCH3 is 3. The molecule has 0 unspecified atom stereocenters. The molecule has 2 heterocycles. The molecule has 0 spiro atoms. The fraction of sp³-hybridized carbons (Fsp3) is 0.333. The Balaban J connectivity index is 1.57. The van der Waals surface area contributed by atoms with Gasteiger partial charge in [-0.25, -0.2) is 0 Å². The second kappa shape index (κ2) is 8.99. The lowest BCUT2D eigenvalue weighted by Gasteiger charge is -2.41. The van der Waals surface area contributed by atoms with Crippen LogP contribution in [0.25, 0.3) is 0 Å². The maximum atomic E-state index is 6.54. The van der Waals surface area contributed by atoms with Crippen molar-refractivity contribution in [2.45, 2.75) is 31.5 Å². The Hall–Kier alpha value is -3.58. The minimum absolute atomic E-state index is 0.0137. The number of ether oxygens (including phenoxy) is 6. The lowest BCUT2D eigenvalue weighted by Crippen LogP contribution is -2.50. The predicted molar refractivity (Wildman–Crippen MR) is 127 cm³/mol. The van der Waals surface area contributed by atoms with E-state index in [0.29, 0.717) is 36.0 Å². The monoisotopic (exact) mass is 463 g/mol. The summed E-state index contributed by atoms with van der Waals surface area (Å²) in [5.74, 6) is 3.96. The van der Waals surface area contributed by atoms with Gasteiger partial charge < -0.3 is 28.4 Å². The lowest BCUT2D eigenvalue weighted by molar-refractivity contribution is 0.0222. The molecule has 178 valence electrons. The van der Waals surface area contributed by atoms with Crippen molar-refractivity contribution in [1.29, 1.82) is 0 Å². The van der Waals surface area contributed by atoms with Crippen molar-refractivity contribution in [2.75, 3.05) is 28.1 Å². The number of hydrogen-bond acceptors (Lipinski definition) is 7. The van der Waals surface area contributed by atoms with Gasteiger partial charge in [-0.3, -0.25) is 5.32 Å². The van der Waals surface area contributed by atoms with E-state index < -0.39 is 5.72 Å². The molecule has 2 atom stereocenters. The Labute approximate surface area is 199 Å². The van der Waals surface area contributed by atoms with Crippen LogP contribution >= 0.6 is 0 Å². The zero-order valence-corrected chi connectivity index (χ0v) is 19.8. The molecule has 0 saturated heterocycles. The maximum Gasteiger partial charge on any atom is 0.231 e. The quantitative estimate of drug-likeness (QED) is 0.537. The molecular weight excluding hydrogens is 434 g/mol. The number of hydrogen-bond donors (Lipinski definition) is 1. The summed E-state index contributed by atoms with van der Waals surface area (Å²) in [6.07, 6.45) is 0.686. The molecule has 0 bridgehead atoms. The van der Waals surface area contributed by atoms with Crippen molar-refractivity contribution >= 4 is 0 Å². The fourth-order valence-electron chi connectivity index (χ4n) is 4.68. The Morgan fingerprint density at radius 3 is 2.21 bits per heavy atom. The average Bonchev–Trinajstić information content (AvgIpc) is 3.33. The van der Waals surface area contributed by atoms with Gasteiger partial charge in [-0.05, 0) is 36.2 Å². The van der Waals surface area contributed by atoms with Gasteiger partial charge in [0.15, 0.2) is 28.7 Å². The van der Waals surface area contributed by atoms with Crippen LogP contribution in [0.1, 0.15) is 36.0 Å². The summed E-state index contributed by atoms with van der Waals surface area (Å²) in [5.41, 5.74) is 2.62. The third kappa shape index (κ3) is 4.07. The molecule has 7 nitrogen and oxygen atoms in total. The van der Waals surface area contributed by atoms with Crippen LogP contribution in [0.4, 0.5) is 0 Å². The minimum Gasteiger partial charge on any atom is -0.493 e. The summed E-state index contributed by atoms with van der Waals surface area (Å²) in [5, 5.41) is 3.62. The first-order chi connectivity index (χ1) is 16.5. The Kier molecular flexibility index (Phi) is 5.87. The van der Waals surface area contributed by atoms with Crippen LogP contribution < -0.4 is 33.7 Å². The van der Waals surface area contributed by atoms with Crippen molar-refractivity contribution < 1.29 is 28.4 Å². The normalized spacial score (nSPS) is 20.3. The summed E-state index contributed by atoms with van der Waals surface area (Å²) in [4.78, 5) is 0. The van der Waals surface area contributed by atoms with Gasteiger partial charge in [-0.15, -0.1) is 0 Å². The largest absolute Gasteiger partial charge is 0.493 e. The Morgan fingerprint density at radius 1 is 0.882 bits per heavy atom. The van der Waals surface area contributed by atoms with E-state index in [2.05, 4.69) is 24.4 Å². The average molecular weight is 464 g/mol. The first kappa shape index (κ1) is 22.2. The zero-order valence-electron chi connectivity index (χ0n) is 19.8. The molecule has 5 rings (SSSR count). The standard InChI is InChI=1S/C27H29NO6/c1-27(28-15-17-8-6-5-7-9-17)14-20(18-10-24(29-2)26(31-4)25(11-18)30-3)19-12-22-23(33-16-32-22)13-21(19)34-27/h5-13,20,28H,14-16H2,1-4H3/t20-,27+/m1/s1. The third-order valence-electron chi connectivity index (χ3n) is 6.41. The number of rotatable bonds is 7. The van der Waals surface area contributed by atoms with Gasteiger partial charge in [0, 0.05) is 30.5 Å². The molecule has 3 aromatic carbocycles. The van der Waals surface area contributed by atoms with E-state index >= 15 is 0 Å². The predicted octanol–water partition coefficient (Wildman–Crippen LogP) is 4.86. The molecular formula is C27H29NO6. The van der Waals surface area contributed by atoms with Gasteiger partial charge in [0.2, 0.25) is 12.5 Å². The molecule has 0 fully saturated rings. The van der Waals surface area contributed by atoms with E-state index in [0.717, 1.165) is 22.6 Å². The fourth-order valence-corrected chi connectivity index (χ4v) is 4.68. The molecule has 2 aliphatic heterocycles. The zero-order chi connectivity index (χ0) is 23.7. The molecule has 3 aromatic rings. The molecule has 0 aliphatic carbocycles. The summed E-state index contributed by atoms with van der Waals surface area (Å²) >= 11 is 0. The summed E-state index contributed by atoms with van der Waals surface area (Å²) in [6.45, 7) is 2.96. The van der Waals surface area contributed by atoms with Crippen molar-refractivity contribution in [3.63, 3.8) is 0 Å². The van der Waals surface area contributed by atoms with Crippen molar-refractivity contribution in [1.82, 2.24) is 5.32 Å². The molecule has 1 N–H and O–H groups in total. The highest BCUT2D eigenvalue weighted by Crippen LogP contribution is 2.51. The van der Waals surface area contributed by atoms with E-state index in [1.165, 1.54) is 5.56 Å². The second-order valence-electron chi connectivity index (χ2n) is 8.63. The molecule has 2 aliphatic rings. The van der Waals surface area contributed by atoms with E-state index in [9.17, 15) is 0 Å². The lowest BCUT2D eigenvalue weighted by atomic mass is 9.81. The first-order valence-electron chi connectivity index (χ1n) is 11.2. The third-order valence-corrected chi connectivity index (χ3v) is 6.41. The molecule has 7 heteroatoms. The van der Waals surface area contributed by atoms with Gasteiger partial charge in [-0.2, -0.15) is 0 Å². The topological polar surface area (TPSA) is 67.4 Å². The summed E-state index contributed by atoms with van der Waals surface area (Å²) in [6, 6.07) is 18.2. The van der Waals surface area contributed by atoms with Crippen LogP contribution in [0.2, 0.25) is 0 Å². The van der Waals surface area contributed by atoms with Gasteiger partial charge in [-0.1, -0.05) is 30.3 Å². The summed E-state index contributed by atoms with van der Waals surface area (Å²) < 4.78 is 34.6. The van der Waals surface area contributed by atoms with E-state index in [1.807, 2.05) is 42.5 Å². The van der Waals surface area contributed by atoms with Crippen LogP contribution in [0, 0.1) is 0 Å². The number of benzene rings is 3. The Morgan fingerprint density at radius 2 is 1.56 bits per heavy atom. The SMILES string of the molecule is COc1cc([C@H]2C[C@@](C)(NCc3ccccc3)Oc3cc4c(cc32)OCO4)cc(OC)c1OC. The molecule has 0 aromatic heterocycles. The maximum absolute atomic E-state index is 6.54. The van der Waals surface area contributed by atoms with Crippen LogP contribution in [-0.4, -0.2) is 33.8 Å². The van der Waals surface area contributed by atoms with E-state index in [4.69, 9.17) is 28.4 Å². The van der Waals surface area contributed by atoms with Crippen molar-refractivity contribution in [3.05, 3.63) is 71.3 Å². The highest BCUT2D eigenvalue weighted by atomic mass is 16.7. The molecule has 0 radical (unpaired) electrons. The van der Waals surface area contributed by atoms with Crippen LogP contribution in [-0.2, 0) is 6.54 Å². The first-order valence-corrected chi connectivity index (χ1v) is 11.2. The Bertz CT molecular complexity index is 1160. The second-order valence-corrected chi connectivity index (χ2v) is 8.63.